The van der Waals surface area contributed by atoms with E-state index in [0.29, 0.717) is 19.3 Å². The maximum Gasteiger partial charge on any atom is 0.306 e. The summed E-state index contributed by atoms with van der Waals surface area (Å²) in [5.74, 6) is -0.509. The molecule has 0 saturated carbocycles. The van der Waals surface area contributed by atoms with Crippen LogP contribution in [0.25, 0.3) is 0 Å². The van der Waals surface area contributed by atoms with E-state index in [4.69, 9.17) is 4.74 Å². The molecular weight excluding hydrogens is 779 g/mol. The van der Waals surface area contributed by atoms with Crippen LogP contribution in [0.1, 0.15) is 278 Å². The summed E-state index contributed by atoms with van der Waals surface area (Å²) in [6.45, 7) is 6.45. The van der Waals surface area contributed by atoms with Gasteiger partial charge in [-0.1, -0.05) is 223 Å². The smallest absolute Gasteiger partial charge is 0.306 e. The van der Waals surface area contributed by atoms with Crippen molar-refractivity contribution >= 4 is 11.9 Å². The lowest BCUT2D eigenvalue weighted by Crippen LogP contribution is -2.46. The number of allylic oxidation sites excluding steroid dienone is 8. The van der Waals surface area contributed by atoms with Crippen molar-refractivity contribution in [2.75, 3.05) is 6.61 Å². The van der Waals surface area contributed by atoms with Gasteiger partial charge in [0.05, 0.1) is 25.2 Å². The number of hydrogen-bond donors (Lipinski definition) is 3. The molecule has 0 bridgehead atoms. The molecule has 3 N–H and O–H groups in total. The lowest BCUT2D eigenvalue weighted by Gasteiger charge is -2.24. The van der Waals surface area contributed by atoms with Crippen LogP contribution < -0.4 is 5.32 Å². The van der Waals surface area contributed by atoms with Crippen LogP contribution in [0.2, 0.25) is 0 Å². The van der Waals surface area contributed by atoms with Crippen LogP contribution in [0.5, 0.6) is 0 Å². The molecule has 6 heteroatoms. The zero-order valence-corrected chi connectivity index (χ0v) is 42.0. The maximum absolute atomic E-state index is 13.2. The van der Waals surface area contributed by atoms with Gasteiger partial charge in [0, 0.05) is 6.42 Å². The molecule has 3 atom stereocenters. The third kappa shape index (κ3) is 46.2. The zero-order valence-electron chi connectivity index (χ0n) is 42.0. The standard InChI is InChI=1S/C57H105NO5/c1-4-7-10-13-16-19-22-25-28-30-33-36-39-42-45-48-53(63-57(62)50-47-44-41-38-35-32-29-26-23-20-17-14-11-8-5-2)51-56(61)58-54(52-59)55(60)49-46-43-40-37-34-31-27-24-21-18-15-12-9-6-3/h16,19-20,23,25,28,33,36,53-55,59-60H,4-15,17-18,21-22,24,26-27,29-32,34-35,37-52H2,1-3H3,(H,58,61)/b19-16-,23-20-,28-25-,36-33-. The summed E-state index contributed by atoms with van der Waals surface area (Å²) in [4.78, 5) is 26.2. The molecule has 0 heterocycles. The number of hydrogen-bond acceptors (Lipinski definition) is 5. The summed E-state index contributed by atoms with van der Waals surface area (Å²) in [5, 5.41) is 23.8. The second kappa shape index (κ2) is 50.8. The number of unbranched alkanes of at least 4 members (excludes halogenated alkanes) is 29. The first kappa shape index (κ1) is 60.8. The average molecular weight is 884 g/mol. The summed E-state index contributed by atoms with van der Waals surface area (Å²) in [6.07, 6.45) is 61.7. The normalized spacial score (nSPS) is 13.5. The topological polar surface area (TPSA) is 95.9 Å². The van der Waals surface area contributed by atoms with Gasteiger partial charge in [0.15, 0.2) is 0 Å². The lowest BCUT2D eigenvalue weighted by molar-refractivity contribution is -0.151. The van der Waals surface area contributed by atoms with Gasteiger partial charge >= 0.3 is 5.97 Å². The van der Waals surface area contributed by atoms with Crippen LogP contribution in [0.3, 0.4) is 0 Å². The summed E-state index contributed by atoms with van der Waals surface area (Å²) in [7, 11) is 0. The maximum atomic E-state index is 13.2. The number of amides is 1. The SMILES string of the molecule is CCCCC/C=C\C/C=C\C/C=C\CCCCC(CC(=O)NC(CO)C(O)CCCCCCCCCCCCCCCC)OC(=O)CCCCCCCCC/C=C\CCCCCC. The Kier molecular flexibility index (Phi) is 49.1. The fourth-order valence-corrected chi connectivity index (χ4v) is 8.20. The van der Waals surface area contributed by atoms with E-state index in [2.05, 4.69) is 74.7 Å². The molecule has 6 nitrogen and oxygen atoms in total. The van der Waals surface area contributed by atoms with Crippen molar-refractivity contribution in [2.24, 2.45) is 0 Å². The van der Waals surface area contributed by atoms with Crippen molar-refractivity contribution in [1.29, 1.82) is 0 Å². The molecule has 0 radical (unpaired) electrons. The Hall–Kier alpha value is -2.18. The van der Waals surface area contributed by atoms with Gasteiger partial charge in [-0.2, -0.15) is 0 Å². The minimum atomic E-state index is -0.798. The Balaban J connectivity index is 4.63. The largest absolute Gasteiger partial charge is 0.462 e. The molecule has 0 aliphatic carbocycles. The molecule has 0 aromatic rings. The highest BCUT2D eigenvalue weighted by Gasteiger charge is 2.24. The minimum absolute atomic E-state index is 0.0511. The number of esters is 1. The van der Waals surface area contributed by atoms with Gasteiger partial charge in [-0.3, -0.25) is 9.59 Å². The van der Waals surface area contributed by atoms with Crippen LogP contribution in [-0.4, -0.2) is 46.9 Å². The van der Waals surface area contributed by atoms with E-state index in [-0.39, 0.29) is 24.9 Å². The van der Waals surface area contributed by atoms with Crippen LogP contribution in [0.4, 0.5) is 0 Å². The van der Waals surface area contributed by atoms with Crippen LogP contribution >= 0.6 is 0 Å². The number of carbonyl (C=O) groups is 2. The molecule has 0 rings (SSSR count). The lowest BCUT2D eigenvalue weighted by atomic mass is 10.0. The van der Waals surface area contributed by atoms with Crippen molar-refractivity contribution in [3.05, 3.63) is 48.6 Å². The van der Waals surface area contributed by atoms with Crippen LogP contribution in [0.15, 0.2) is 48.6 Å². The number of ether oxygens (including phenoxy) is 1. The van der Waals surface area contributed by atoms with Crippen molar-refractivity contribution in [1.82, 2.24) is 5.32 Å². The van der Waals surface area contributed by atoms with E-state index in [9.17, 15) is 19.8 Å². The van der Waals surface area contributed by atoms with Crippen molar-refractivity contribution in [3.63, 3.8) is 0 Å². The monoisotopic (exact) mass is 884 g/mol. The number of nitrogens with one attached hydrogen (secondary N) is 1. The van der Waals surface area contributed by atoms with E-state index >= 15 is 0 Å². The summed E-state index contributed by atoms with van der Waals surface area (Å²) >= 11 is 0. The highest BCUT2D eigenvalue weighted by Crippen LogP contribution is 2.17. The second-order valence-electron chi connectivity index (χ2n) is 18.6. The highest BCUT2D eigenvalue weighted by molar-refractivity contribution is 5.77. The molecule has 0 aliphatic heterocycles. The van der Waals surface area contributed by atoms with Gasteiger partial charge in [0.2, 0.25) is 5.91 Å². The quantitative estimate of drug-likeness (QED) is 0.0321. The molecule has 0 aromatic carbocycles. The molecule has 3 unspecified atom stereocenters. The predicted octanol–water partition coefficient (Wildman–Crippen LogP) is 16.6. The molecule has 0 spiro atoms. The first-order valence-electron chi connectivity index (χ1n) is 27.4. The van der Waals surface area contributed by atoms with E-state index in [1.165, 1.54) is 161 Å². The molecule has 0 saturated heterocycles. The number of carbonyl (C=O) groups excluding carboxylic acids is 2. The van der Waals surface area contributed by atoms with Gasteiger partial charge < -0.3 is 20.3 Å². The van der Waals surface area contributed by atoms with Crippen LogP contribution in [-0.2, 0) is 14.3 Å². The fraction of sp³-hybridized carbons (Fsp3) is 0.825. The van der Waals surface area contributed by atoms with Gasteiger partial charge in [0.1, 0.15) is 6.10 Å². The third-order valence-electron chi connectivity index (χ3n) is 12.4. The average Bonchev–Trinajstić information content (AvgIpc) is 3.28. The van der Waals surface area contributed by atoms with E-state index < -0.39 is 18.2 Å². The van der Waals surface area contributed by atoms with Gasteiger partial charge in [-0.25, -0.2) is 0 Å². The molecule has 368 valence electrons. The number of aliphatic hydroxyl groups is 2. The van der Waals surface area contributed by atoms with Crippen molar-refractivity contribution in [3.8, 4) is 0 Å². The Morgan fingerprint density at radius 2 is 0.810 bits per heavy atom. The number of rotatable bonds is 49. The molecule has 0 aromatic heterocycles. The Morgan fingerprint density at radius 1 is 0.460 bits per heavy atom. The van der Waals surface area contributed by atoms with Crippen molar-refractivity contribution < 1.29 is 24.5 Å². The summed E-state index contributed by atoms with van der Waals surface area (Å²) in [5.41, 5.74) is 0. The molecule has 0 aliphatic rings. The van der Waals surface area contributed by atoms with E-state index in [0.717, 1.165) is 70.6 Å². The Labute approximate surface area is 391 Å². The minimum Gasteiger partial charge on any atom is -0.462 e. The van der Waals surface area contributed by atoms with Crippen LogP contribution in [0, 0.1) is 0 Å². The Bertz CT molecular complexity index is 1080. The summed E-state index contributed by atoms with van der Waals surface area (Å²) < 4.78 is 5.93. The zero-order chi connectivity index (χ0) is 45.9. The molecule has 1 amide bonds. The molecular formula is C57H105NO5. The fourth-order valence-electron chi connectivity index (χ4n) is 8.20. The molecule has 0 fully saturated rings. The van der Waals surface area contributed by atoms with Gasteiger partial charge in [0.25, 0.3) is 0 Å². The first-order valence-corrected chi connectivity index (χ1v) is 27.4. The first-order chi connectivity index (χ1) is 31.0. The predicted molar refractivity (Wildman–Crippen MR) is 273 cm³/mol. The Morgan fingerprint density at radius 3 is 1.30 bits per heavy atom. The van der Waals surface area contributed by atoms with E-state index in [1.807, 2.05) is 0 Å². The van der Waals surface area contributed by atoms with E-state index in [1.54, 1.807) is 0 Å². The molecule has 63 heavy (non-hydrogen) atoms. The second-order valence-corrected chi connectivity index (χ2v) is 18.6. The van der Waals surface area contributed by atoms with Gasteiger partial charge in [-0.05, 0) is 89.9 Å². The highest BCUT2D eigenvalue weighted by atomic mass is 16.5. The van der Waals surface area contributed by atoms with Crippen molar-refractivity contribution in [2.45, 2.75) is 296 Å². The van der Waals surface area contributed by atoms with Gasteiger partial charge in [-0.15, -0.1) is 0 Å². The summed E-state index contributed by atoms with van der Waals surface area (Å²) in [6, 6.07) is -0.714. The number of aliphatic hydroxyl groups excluding tert-OH is 2. The third-order valence-corrected chi connectivity index (χ3v) is 12.4.